The molecule has 0 aliphatic carbocycles. The Morgan fingerprint density at radius 2 is 2.38 bits per heavy atom. The van der Waals surface area contributed by atoms with Gasteiger partial charge in [-0.05, 0) is 13.8 Å². The van der Waals surface area contributed by atoms with Gasteiger partial charge in [0.15, 0.2) is 0 Å². The molecule has 0 bridgehead atoms. The second-order valence-electron chi connectivity index (χ2n) is 3.93. The summed E-state index contributed by atoms with van der Waals surface area (Å²) in [6.45, 7) is 4.68. The average Bonchev–Trinajstić information content (AvgIpc) is 2.74. The molecule has 0 fully saturated rings. The highest BCUT2D eigenvalue weighted by Crippen LogP contribution is 2.21. The number of nitrogens with two attached hydrogens (primary N) is 1. The summed E-state index contributed by atoms with van der Waals surface area (Å²) in [4.78, 5) is 15.8. The molecule has 0 spiro atoms. The number of hydrogen-bond donors (Lipinski definition) is 1. The number of rotatable bonds is 5. The van der Waals surface area contributed by atoms with E-state index in [9.17, 15) is 4.79 Å². The van der Waals surface area contributed by atoms with Crippen molar-refractivity contribution in [2.75, 3.05) is 13.7 Å². The molecule has 0 saturated heterocycles. The lowest BCUT2D eigenvalue weighted by atomic mass is 9.86. The first-order chi connectivity index (χ1) is 7.57. The fourth-order valence-corrected chi connectivity index (χ4v) is 1.51. The van der Waals surface area contributed by atoms with Crippen LogP contribution in [0, 0.1) is 5.41 Å². The van der Waals surface area contributed by atoms with E-state index >= 15 is 0 Å². The van der Waals surface area contributed by atoms with E-state index in [0.29, 0.717) is 6.42 Å². The Morgan fingerprint density at radius 1 is 1.69 bits per heavy atom. The smallest absolute Gasteiger partial charge is 0.313 e. The normalized spacial score (nSPS) is 14.5. The molecular formula is C10H18N4O2. The van der Waals surface area contributed by atoms with Crippen LogP contribution in [0.1, 0.15) is 19.7 Å². The van der Waals surface area contributed by atoms with Crippen molar-refractivity contribution in [2.24, 2.45) is 11.1 Å². The molecule has 0 aliphatic rings. The lowest BCUT2D eigenvalue weighted by Crippen LogP contribution is -2.39. The Bertz CT molecular complexity index is 363. The number of carbonyl (C=O) groups is 1. The summed E-state index contributed by atoms with van der Waals surface area (Å²) in [5.41, 5.74) is 4.89. The third-order valence-corrected chi connectivity index (χ3v) is 2.67. The van der Waals surface area contributed by atoms with E-state index < -0.39 is 5.41 Å². The predicted octanol–water partition coefficient (Wildman–Crippen LogP) is -0.0215. The maximum absolute atomic E-state index is 11.6. The number of hydrogen-bond acceptors (Lipinski definition) is 5. The van der Waals surface area contributed by atoms with E-state index in [2.05, 4.69) is 10.1 Å². The van der Waals surface area contributed by atoms with Crippen LogP contribution in [0.15, 0.2) is 6.33 Å². The van der Waals surface area contributed by atoms with E-state index in [1.807, 2.05) is 6.92 Å². The minimum absolute atomic E-state index is 0.218. The lowest BCUT2D eigenvalue weighted by Gasteiger charge is -2.24. The van der Waals surface area contributed by atoms with Crippen molar-refractivity contribution in [3.63, 3.8) is 0 Å². The molecule has 90 valence electrons. The number of aromatic nitrogens is 3. The van der Waals surface area contributed by atoms with Crippen LogP contribution in [0.5, 0.6) is 0 Å². The zero-order valence-electron chi connectivity index (χ0n) is 9.93. The number of nitrogens with zero attached hydrogens (tertiary/aromatic N) is 3. The summed E-state index contributed by atoms with van der Waals surface area (Å²) >= 11 is 0. The monoisotopic (exact) mass is 226 g/mol. The van der Waals surface area contributed by atoms with Crippen LogP contribution >= 0.6 is 0 Å². The van der Waals surface area contributed by atoms with Crippen LogP contribution in [0.2, 0.25) is 0 Å². The molecule has 1 aromatic rings. The quantitative estimate of drug-likeness (QED) is 0.713. The summed E-state index contributed by atoms with van der Waals surface area (Å²) < 4.78 is 6.50. The molecule has 1 unspecified atom stereocenters. The maximum Gasteiger partial charge on any atom is 0.313 e. The van der Waals surface area contributed by atoms with Crippen molar-refractivity contribution in [1.29, 1.82) is 0 Å². The van der Waals surface area contributed by atoms with Gasteiger partial charge in [-0.2, -0.15) is 5.10 Å². The van der Waals surface area contributed by atoms with Gasteiger partial charge in [-0.15, -0.1) is 0 Å². The van der Waals surface area contributed by atoms with Gasteiger partial charge in [0.25, 0.3) is 0 Å². The molecule has 0 aliphatic heterocycles. The zero-order chi connectivity index (χ0) is 12.2. The standard InChI is InChI=1S/C10H18N4O2/c1-4-14-8(12-7-13-14)5-10(2,6-11)9(15)16-3/h7H,4-6,11H2,1-3H3. The second-order valence-corrected chi connectivity index (χ2v) is 3.93. The summed E-state index contributed by atoms with van der Waals surface area (Å²) in [5, 5.41) is 4.05. The van der Waals surface area contributed by atoms with Gasteiger partial charge in [0.1, 0.15) is 12.2 Å². The topological polar surface area (TPSA) is 83.0 Å². The van der Waals surface area contributed by atoms with E-state index in [4.69, 9.17) is 10.5 Å². The minimum atomic E-state index is -0.741. The van der Waals surface area contributed by atoms with E-state index in [0.717, 1.165) is 12.4 Å². The highest BCUT2D eigenvalue weighted by atomic mass is 16.5. The molecule has 1 aromatic heterocycles. The molecule has 16 heavy (non-hydrogen) atoms. The number of methoxy groups -OCH3 is 1. The maximum atomic E-state index is 11.6. The second kappa shape index (κ2) is 5.07. The van der Waals surface area contributed by atoms with Crippen molar-refractivity contribution in [2.45, 2.75) is 26.8 Å². The zero-order valence-corrected chi connectivity index (χ0v) is 9.93. The van der Waals surface area contributed by atoms with Gasteiger partial charge in [-0.1, -0.05) is 0 Å². The highest BCUT2D eigenvalue weighted by Gasteiger charge is 2.34. The molecule has 6 heteroatoms. The van der Waals surface area contributed by atoms with Crippen LogP contribution in [-0.2, 0) is 22.5 Å². The van der Waals surface area contributed by atoms with E-state index in [-0.39, 0.29) is 12.5 Å². The van der Waals surface area contributed by atoms with Crippen LogP contribution in [0.3, 0.4) is 0 Å². The third-order valence-electron chi connectivity index (χ3n) is 2.67. The molecule has 2 N–H and O–H groups in total. The number of esters is 1. The van der Waals surface area contributed by atoms with Crippen molar-refractivity contribution in [3.8, 4) is 0 Å². The van der Waals surface area contributed by atoms with Crippen molar-refractivity contribution < 1.29 is 9.53 Å². The van der Waals surface area contributed by atoms with Gasteiger partial charge in [-0.25, -0.2) is 4.98 Å². The first-order valence-corrected chi connectivity index (χ1v) is 5.22. The molecule has 6 nitrogen and oxygen atoms in total. The Morgan fingerprint density at radius 3 is 2.88 bits per heavy atom. The van der Waals surface area contributed by atoms with Crippen molar-refractivity contribution >= 4 is 5.97 Å². The summed E-state index contributed by atoms with van der Waals surface area (Å²) in [7, 11) is 1.36. The highest BCUT2D eigenvalue weighted by molar-refractivity contribution is 5.76. The molecule has 1 atom stereocenters. The average molecular weight is 226 g/mol. The van der Waals surface area contributed by atoms with Crippen LogP contribution in [-0.4, -0.2) is 34.4 Å². The molecule has 1 rings (SSSR count). The molecule has 1 heterocycles. The van der Waals surface area contributed by atoms with Gasteiger partial charge < -0.3 is 10.5 Å². The summed E-state index contributed by atoms with van der Waals surface area (Å²) in [6, 6.07) is 0. The Balaban J connectivity index is 2.89. The predicted molar refractivity (Wildman–Crippen MR) is 58.6 cm³/mol. The minimum Gasteiger partial charge on any atom is -0.469 e. The largest absolute Gasteiger partial charge is 0.469 e. The van der Waals surface area contributed by atoms with E-state index in [1.165, 1.54) is 13.4 Å². The lowest BCUT2D eigenvalue weighted by molar-refractivity contribution is -0.151. The molecule has 0 radical (unpaired) electrons. The van der Waals surface area contributed by atoms with Crippen LogP contribution < -0.4 is 5.73 Å². The first-order valence-electron chi connectivity index (χ1n) is 5.22. The van der Waals surface area contributed by atoms with Crippen LogP contribution in [0.4, 0.5) is 0 Å². The molecule has 0 saturated carbocycles. The van der Waals surface area contributed by atoms with Crippen molar-refractivity contribution in [1.82, 2.24) is 14.8 Å². The van der Waals surface area contributed by atoms with Gasteiger partial charge in [0, 0.05) is 19.5 Å². The van der Waals surface area contributed by atoms with Gasteiger partial charge in [-0.3, -0.25) is 9.48 Å². The number of aryl methyl sites for hydroxylation is 1. The Kier molecular flexibility index (Phi) is 4.00. The van der Waals surface area contributed by atoms with Crippen LogP contribution in [0.25, 0.3) is 0 Å². The number of ether oxygens (including phenoxy) is 1. The number of carbonyl (C=O) groups excluding carboxylic acids is 1. The van der Waals surface area contributed by atoms with Gasteiger partial charge in [0.05, 0.1) is 12.5 Å². The Labute approximate surface area is 94.8 Å². The van der Waals surface area contributed by atoms with Crippen molar-refractivity contribution in [3.05, 3.63) is 12.2 Å². The fraction of sp³-hybridized carbons (Fsp3) is 0.700. The SMILES string of the molecule is CCn1ncnc1CC(C)(CN)C(=O)OC. The van der Waals surface area contributed by atoms with E-state index in [1.54, 1.807) is 11.6 Å². The van der Waals surface area contributed by atoms with Gasteiger partial charge >= 0.3 is 5.97 Å². The Hall–Kier alpha value is -1.43. The molecular weight excluding hydrogens is 208 g/mol. The molecule has 0 amide bonds. The van der Waals surface area contributed by atoms with Gasteiger partial charge in [0.2, 0.25) is 0 Å². The molecule has 0 aromatic carbocycles. The summed E-state index contributed by atoms with van der Waals surface area (Å²) in [5.74, 6) is 0.432. The fourth-order valence-electron chi connectivity index (χ4n) is 1.51. The summed E-state index contributed by atoms with van der Waals surface area (Å²) in [6.07, 6.45) is 1.91. The first kappa shape index (κ1) is 12.6. The third kappa shape index (κ3) is 2.38.